The van der Waals surface area contributed by atoms with Gasteiger partial charge >= 0.3 is 0 Å². The van der Waals surface area contributed by atoms with Gasteiger partial charge in [0, 0.05) is 29.7 Å². The van der Waals surface area contributed by atoms with Gasteiger partial charge in [0.05, 0.1) is 0 Å². The zero-order valence-electron chi connectivity index (χ0n) is 9.55. The van der Waals surface area contributed by atoms with Crippen LogP contribution in [-0.4, -0.2) is 13.1 Å². The molecule has 3 heteroatoms. The van der Waals surface area contributed by atoms with Crippen molar-refractivity contribution in [2.45, 2.75) is 37.1 Å². The molecule has 0 bridgehead atoms. The molecule has 16 heavy (non-hydrogen) atoms. The molecule has 0 saturated heterocycles. The molecule has 0 radical (unpaired) electrons. The fourth-order valence-electron chi connectivity index (χ4n) is 2.50. The van der Waals surface area contributed by atoms with Gasteiger partial charge in [0.25, 0.3) is 0 Å². The van der Waals surface area contributed by atoms with Crippen molar-refractivity contribution in [3.63, 3.8) is 0 Å². The maximum atomic E-state index is 13.6. The predicted octanol–water partition coefficient (Wildman–Crippen LogP) is 4.10. The molecule has 88 valence electrons. The summed E-state index contributed by atoms with van der Waals surface area (Å²) in [4.78, 5) is 2.24. The van der Waals surface area contributed by atoms with Crippen LogP contribution in [-0.2, 0) is 5.33 Å². The Morgan fingerprint density at radius 3 is 2.69 bits per heavy atom. The van der Waals surface area contributed by atoms with E-state index < -0.39 is 0 Å². The Kier molecular flexibility index (Phi) is 3.85. The number of rotatable bonds is 3. The normalized spacial score (nSPS) is 16.7. The Bertz CT molecular complexity index is 361. The molecule has 0 N–H and O–H groups in total. The summed E-state index contributed by atoms with van der Waals surface area (Å²) in [5, 5.41) is 0.575. The van der Waals surface area contributed by atoms with Gasteiger partial charge in [0.15, 0.2) is 0 Å². The fourth-order valence-corrected chi connectivity index (χ4v) is 3.05. The fraction of sp³-hybridized carbons (Fsp3) is 0.538. The number of nitrogens with zero attached hydrogens (tertiary/aromatic N) is 1. The van der Waals surface area contributed by atoms with Crippen molar-refractivity contribution < 1.29 is 4.39 Å². The van der Waals surface area contributed by atoms with E-state index in [2.05, 4.69) is 27.9 Å². The second kappa shape index (κ2) is 5.17. The van der Waals surface area contributed by atoms with Crippen LogP contribution in [0, 0.1) is 5.82 Å². The van der Waals surface area contributed by atoms with Gasteiger partial charge in [0.1, 0.15) is 5.82 Å². The van der Waals surface area contributed by atoms with Gasteiger partial charge in [0.2, 0.25) is 0 Å². The van der Waals surface area contributed by atoms with E-state index in [0.29, 0.717) is 11.4 Å². The number of hydrogen-bond donors (Lipinski definition) is 0. The molecule has 0 unspecified atom stereocenters. The van der Waals surface area contributed by atoms with Crippen molar-refractivity contribution in [1.82, 2.24) is 0 Å². The monoisotopic (exact) mass is 285 g/mol. The Labute approximate surface area is 105 Å². The highest BCUT2D eigenvalue weighted by Gasteiger charge is 2.22. The zero-order chi connectivity index (χ0) is 11.5. The SMILES string of the molecule is CN(c1cccc(F)c1CBr)C1CCCC1. The van der Waals surface area contributed by atoms with Gasteiger partial charge in [-0.25, -0.2) is 4.39 Å². The topological polar surface area (TPSA) is 3.24 Å². The Hall–Kier alpha value is -0.570. The van der Waals surface area contributed by atoms with Crippen molar-refractivity contribution in [3.8, 4) is 0 Å². The second-order valence-corrected chi connectivity index (χ2v) is 4.98. The van der Waals surface area contributed by atoms with Crippen LogP contribution in [0.5, 0.6) is 0 Å². The summed E-state index contributed by atoms with van der Waals surface area (Å²) in [6, 6.07) is 5.92. The van der Waals surface area contributed by atoms with Crippen LogP contribution in [0.25, 0.3) is 0 Å². The first-order chi connectivity index (χ1) is 7.74. The molecular weight excluding hydrogens is 269 g/mol. The summed E-state index contributed by atoms with van der Waals surface area (Å²) >= 11 is 3.37. The van der Waals surface area contributed by atoms with Gasteiger partial charge in [-0.2, -0.15) is 0 Å². The van der Waals surface area contributed by atoms with E-state index in [1.807, 2.05) is 6.07 Å². The number of anilines is 1. The first kappa shape index (κ1) is 11.9. The van der Waals surface area contributed by atoms with E-state index in [4.69, 9.17) is 0 Å². The summed E-state index contributed by atoms with van der Waals surface area (Å²) in [6.45, 7) is 0. The van der Waals surface area contributed by atoms with E-state index in [-0.39, 0.29) is 5.82 Å². The largest absolute Gasteiger partial charge is 0.371 e. The smallest absolute Gasteiger partial charge is 0.129 e. The minimum Gasteiger partial charge on any atom is -0.371 e. The summed E-state index contributed by atoms with van der Waals surface area (Å²) in [6.07, 6.45) is 5.06. The van der Waals surface area contributed by atoms with E-state index in [9.17, 15) is 4.39 Å². The van der Waals surface area contributed by atoms with Crippen LogP contribution >= 0.6 is 15.9 Å². The van der Waals surface area contributed by atoms with E-state index >= 15 is 0 Å². The summed E-state index contributed by atoms with van der Waals surface area (Å²) in [5.74, 6) is -0.112. The summed E-state index contributed by atoms with van der Waals surface area (Å²) in [5.41, 5.74) is 1.81. The maximum absolute atomic E-state index is 13.6. The Morgan fingerprint density at radius 2 is 2.06 bits per heavy atom. The lowest BCUT2D eigenvalue weighted by atomic mass is 10.1. The molecule has 0 atom stereocenters. The Balaban J connectivity index is 2.27. The third kappa shape index (κ3) is 2.24. The number of hydrogen-bond acceptors (Lipinski definition) is 1. The molecule has 0 aromatic heterocycles. The molecule has 1 saturated carbocycles. The van der Waals surface area contributed by atoms with Crippen LogP contribution in [0.4, 0.5) is 10.1 Å². The van der Waals surface area contributed by atoms with Gasteiger partial charge in [-0.15, -0.1) is 0 Å². The van der Waals surface area contributed by atoms with Gasteiger partial charge in [-0.1, -0.05) is 34.8 Å². The minimum atomic E-state index is -0.112. The van der Waals surface area contributed by atoms with Crippen LogP contribution in [0.1, 0.15) is 31.2 Å². The number of alkyl halides is 1. The van der Waals surface area contributed by atoms with Crippen LogP contribution in [0.3, 0.4) is 0 Å². The highest BCUT2D eigenvalue weighted by molar-refractivity contribution is 9.08. The average Bonchev–Trinajstić information content (AvgIpc) is 2.81. The molecule has 2 rings (SSSR count). The van der Waals surface area contributed by atoms with E-state index in [1.54, 1.807) is 6.07 Å². The second-order valence-electron chi connectivity index (χ2n) is 4.42. The van der Waals surface area contributed by atoms with E-state index in [1.165, 1.54) is 31.7 Å². The average molecular weight is 286 g/mol. The number of halogens is 2. The van der Waals surface area contributed by atoms with Gasteiger partial charge in [-0.05, 0) is 25.0 Å². The molecule has 0 aliphatic heterocycles. The molecule has 1 aromatic carbocycles. The van der Waals surface area contributed by atoms with Crippen molar-refractivity contribution in [2.75, 3.05) is 11.9 Å². The van der Waals surface area contributed by atoms with Gasteiger partial charge < -0.3 is 4.90 Å². The molecule has 0 heterocycles. The highest BCUT2D eigenvalue weighted by atomic mass is 79.9. The van der Waals surface area contributed by atoms with Gasteiger partial charge in [-0.3, -0.25) is 0 Å². The van der Waals surface area contributed by atoms with Crippen molar-refractivity contribution >= 4 is 21.6 Å². The standard InChI is InChI=1S/C13H17BrFN/c1-16(10-5-2-3-6-10)13-8-4-7-12(15)11(13)9-14/h4,7-8,10H,2-3,5-6,9H2,1H3. The Morgan fingerprint density at radius 1 is 1.38 bits per heavy atom. The van der Waals surface area contributed by atoms with Crippen molar-refractivity contribution in [1.29, 1.82) is 0 Å². The lowest BCUT2D eigenvalue weighted by Gasteiger charge is -2.28. The third-order valence-corrected chi connectivity index (χ3v) is 4.04. The minimum absolute atomic E-state index is 0.112. The highest BCUT2D eigenvalue weighted by Crippen LogP contribution is 2.31. The van der Waals surface area contributed by atoms with Crippen LogP contribution in [0.15, 0.2) is 18.2 Å². The summed E-state index contributed by atoms with van der Waals surface area (Å²) < 4.78 is 13.6. The molecule has 1 aromatic rings. The summed E-state index contributed by atoms with van der Waals surface area (Å²) in [7, 11) is 2.08. The molecule has 1 fully saturated rings. The molecule has 1 nitrogen and oxygen atoms in total. The lowest BCUT2D eigenvalue weighted by molar-refractivity contribution is 0.609. The van der Waals surface area contributed by atoms with E-state index in [0.717, 1.165) is 11.3 Å². The molecular formula is C13H17BrFN. The molecule has 0 spiro atoms. The van der Waals surface area contributed by atoms with Crippen LogP contribution < -0.4 is 4.90 Å². The number of benzene rings is 1. The third-order valence-electron chi connectivity index (χ3n) is 3.48. The maximum Gasteiger partial charge on any atom is 0.129 e. The van der Waals surface area contributed by atoms with Crippen molar-refractivity contribution in [3.05, 3.63) is 29.6 Å². The lowest BCUT2D eigenvalue weighted by Crippen LogP contribution is -2.29. The molecule has 1 aliphatic carbocycles. The zero-order valence-corrected chi connectivity index (χ0v) is 11.1. The first-order valence-electron chi connectivity index (χ1n) is 5.80. The van der Waals surface area contributed by atoms with Crippen LogP contribution in [0.2, 0.25) is 0 Å². The molecule has 1 aliphatic rings. The molecule has 0 amide bonds. The predicted molar refractivity (Wildman–Crippen MR) is 69.7 cm³/mol. The first-order valence-corrected chi connectivity index (χ1v) is 6.92. The van der Waals surface area contributed by atoms with Crippen molar-refractivity contribution in [2.24, 2.45) is 0 Å². The quantitative estimate of drug-likeness (QED) is 0.756.